The van der Waals surface area contributed by atoms with E-state index in [1.54, 1.807) is 0 Å². The lowest BCUT2D eigenvalue weighted by Crippen LogP contribution is -2.57. The zero-order chi connectivity index (χ0) is 15.0. The Labute approximate surface area is 130 Å². The molecule has 0 amide bonds. The quantitative estimate of drug-likeness (QED) is 0.810. The van der Waals surface area contributed by atoms with E-state index in [0.29, 0.717) is 12.0 Å². The first-order valence-corrected chi connectivity index (χ1v) is 9.50. The molecule has 0 aromatic heterocycles. The standard InChI is InChI=1S/C19H35NO/c1-2-16-6-5-9-18(14-16,15-20)19(21)12-10-17(11-13-19)7-3-4-8-17/h16,21H,2-15,20H2,1H3. The van der Waals surface area contributed by atoms with Gasteiger partial charge in [0.25, 0.3) is 0 Å². The third kappa shape index (κ3) is 2.67. The molecule has 3 aliphatic carbocycles. The molecule has 0 aliphatic heterocycles. The van der Waals surface area contributed by atoms with Crippen molar-refractivity contribution in [1.82, 2.24) is 0 Å². The van der Waals surface area contributed by atoms with Crippen LogP contribution in [0.3, 0.4) is 0 Å². The summed E-state index contributed by atoms with van der Waals surface area (Å²) in [7, 11) is 0. The summed E-state index contributed by atoms with van der Waals surface area (Å²) in [5.41, 5.74) is 6.41. The monoisotopic (exact) mass is 293 g/mol. The van der Waals surface area contributed by atoms with E-state index in [9.17, 15) is 5.11 Å². The van der Waals surface area contributed by atoms with Crippen molar-refractivity contribution in [3.63, 3.8) is 0 Å². The summed E-state index contributed by atoms with van der Waals surface area (Å²) >= 11 is 0. The second-order valence-electron chi connectivity index (χ2n) is 8.59. The molecule has 0 heterocycles. The second-order valence-corrected chi connectivity index (χ2v) is 8.59. The predicted octanol–water partition coefficient (Wildman–Crippen LogP) is 4.40. The first-order valence-electron chi connectivity index (χ1n) is 9.50. The summed E-state index contributed by atoms with van der Waals surface area (Å²) in [6, 6.07) is 0. The van der Waals surface area contributed by atoms with Gasteiger partial charge < -0.3 is 10.8 Å². The van der Waals surface area contributed by atoms with Crippen LogP contribution in [-0.4, -0.2) is 17.3 Å². The molecular weight excluding hydrogens is 258 g/mol. The maximum atomic E-state index is 11.5. The summed E-state index contributed by atoms with van der Waals surface area (Å²) < 4.78 is 0. The fourth-order valence-corrected chi connectivity index (χ4v) is 5.98. The van der Waals surface area contributed by atoms with Gasteiger partial charge in [-0.25, -0.2) is 0 Å². The molecule has 0 aromatic rings. The van der Waals surface area contributed by atoms with Gasteiger partial charge in [0, 0.05) is 12.0 Å². The third-order valence-electron chi connectivity index (χ3n) is 7.70. The molecule has 0 saturated heterocycles. The van der Waals surface area contributed by atoms with Crippen LogP contribution in [0.1, 0.15) is 90.4 Å². The molecular formula is C19H35NO. The van der Waals surface area contributed by atoms with Gasteiger partial charge in [-0.2, -0.15) is 0 Å². The van der Waals surface area contributed by atoms with Gasteiger partial charge in [0.05, 0.1) is 5.60 Å². The Balaban J connectivity index is 1.74. The Hall–Kier alpha value is -0.0800. The zero-order valence-corrected chi connectivity index (χ0v) is 14.0. The molecule has 0 aromatic carbocycles. The summed E-state index contributed by atoms with van der Waals surface area (Å²) in [5.74, 6) is 0.786. The van der Waals surface area contributed by atoms with Crippen LogP contribution < -0.4 is 5.73 Å². The van der Waals surface area contributed by atoms with E-state index in [0.717, 1.165) is 25.2 Å². The van der Waals surface area contributed by atoms with Gasteiger partial charge in [-0.15, -0.1) is 0 Å². The smallest absolute Gasteiger partial charge is 0.0716 e. The van der Waals surface area contributed by atoms with Crippen molar-refractivity contribution in [2.75, 3.05) is 6.54 Å². The van der Waals surface area contributed by atoms with Crippen molar-refractivity contribution >= 4 is 0 Å². The number of hydrogen-bond acceptors (Lipinski definition) is 2. The van der Waals surface area contributed by atoms with Crippen LogP contribution in [0.4, 0.5) is 0 Å². The fourth-order valence-electron chi connectivity index (χ4n) is 5.98. The second kappa shape index (κ2) is 5.85. The van der Waals surface area contributed by atoms with E-state index in [1.165, 1.54) is 64.2 Å². The zero-order valence-electron chi connectivity index (χ0n) is 14.0. The van der Waals surface area contributed by atoms with Gasteiger partial charge >= 0.3 is 0 Å². The molecule has 0 bridgehead atoms. The Morgan fingerprint density at radius 3 is 2.19 bits per heavy atom. The molecule has 3 fully saturated rings. The van der Waals surface area contributed by atoms with E-state index in [4.69, 9.17) is 5.73 Å². The van der Waals surface area contributed by atoms with Crippen LogP contribution in [-0.2, 0) is 0 Å². The van der Waals surface area contributed by atoms with Crippen LogP contribution in [0, 0.1) is 16.7 Å². The molecule has 1 spiro atoms. The molecule has 122 valence electrons. The van der Waals surface area contributed by atoms with E-state index in [2.05, 4.69) is 6.92 Å². The Morgan fingerprint density at radius 2 is 1.62 bits per heavy atom. The average Bonchev–Trinajstić information content (AvgIpc) is 2.99. The van der Waals surface area contributed by atoms with E-state index >= 15 is 0 Å². The molecule has 2 unspecified atom stereocenters. The predicted molar refractivity (Wildman–Crippen MR) is 88.1 cm³/mol. The van der Waals surface area contributed by atoms with Crippen molar-refractivity contribution in [2.24, 2.45) is 22.5 Å². The van der Waals surface area contributed by atoms with Gasteiger partial charge in [0.1, 0.15) is 0 Å². The van der Waals surface area contributed by atoms with Crippen molar-refractivity contribution in [3.8, 4) is 0 Å². The maximum absolute atomic E-state index is 11.5. The van der Waals surface area contributed by atoms with Crippen molar-refractivity contribution in [3.05, 3.63) is 0 Å². The van der Waals surface area contributed by atoms with Crippen LogP contribution >= 0.6 is 0 Å². The summed E-state index contributed by atoms with van der Waals surface area (Å²) in [6.07, 6.45) is 16.4. The average molecular weight is 293 g/mol. The molecule has 0 radical (unpaired) electrons. The van der Waals surface area contributed by atoms with Crippen LogP contribution in [0.2, 0.25) is 0 Å². The molecule has 2 nitrogen and oxygen atoms in total. The normalized spacial score (nSPS) is 38.7. The maximum Gasteiger partial charge on any atom is 0.0716 e. The SMILES string of the molecule is CCC1CCCC(CN)(C2(O)CCC3(CCCC3)CC2)C1. The number of hydrogen-bond donors (Lipinski definition) is 2. The Kier molecular flexibility index (Phi) is 4.40. The number of aliphatic hydroxyl groups is 1. The minimum Gasteiger partial charge on any atom is -0.389 e. The molecule has 3 N–H and O–H groups in total. The van der Waals surface area contributed by atoms with Gasteiger partial charge in [-0.3, -0.25) is 0 Å². The highest BCUT2D eigenvalue weighted by Crippen LogP contribution is 2.58. The van der Waals surface area contributed by atoms with Crippen LogP contribution in [0.15, 0.2) is 0 Å². The van der Waals surface area contributed by atoms with Crippen molar-refractivity contribution < 1.29 is 5.11 Å². The largest absolute Gasteiger partial charge is 0.389 e. The Bertz CT molecular complexity index is 351. The van der Waals surface area contributed by atoms with Crippen molar-refractivity contribution in [2.45, 2.75) is 96.0 Å². The summed E-state index contributed by atoms with van der Waals surface area (Å²) in [6.45, 7) is 2.99. The topological polar surface area (TPSA) is 46.2 Å². The summed E-state index contributed by atoms with van der Waals surface area (Å²) in [5, 5.41) is 11.5. The highest BCUT2D eigenvalue weighted by atomic mass is 16.3. The minimum atomic E-state index is -0.469. The van der Waals surface area contributed by atoms with Gasteiger partial charge in [-0.1, -0.05) is 39.0 Å². The number of nitrogens with two attached hydrogens (primary N) is 1. The highest BCUT2D eigenvalue weighted by Gasteiger charge is 2.54. The van der Waals surface area contributed by atoms with Crippen molar-refractivity contribution in [1.29, 1.82) is 0 Å². The van der Waals surface area contributed by atoms with E-state index < -0.39 is 5.60 Å². The fraction of sp³-hybridized carbons (Fsp3) is 1.00. The lowest BCUT2D eigenvalue weighted by atomic mass is 9.53. The van der Waals surface area contributed by atoms with E-state index in [1.807, 2.05) is 0 Å². The molecule has 2 atom stereocenters. The highest BCUT2D eigenvalue weighted by molar-refractivity contribution is 5.06. The van der Waals surface area contributed by atoms with Gasteiger partial charge in [-0.05, 0) is 62.7 Å². The molecule has 3 saturated carbocycles. The van der Waals surface area contributed by atoms with Crippen LogP contribution in [0.25, 0.3) is 0 Å². The first-order chi connectivity index (χ1) is 10.1. The Morgan fingerprint density at radius 1 is 0.952 bits per heavy atom. The first kappa shape index (κ1) is 15.8. The lowest BCUT2D eigenvalue weighted by Gasteiger charge is -2.55. The lowest BCUT2D eigenvalue weighted by molar-refractivity contribution is -0.146. The van der Waals surface area contributed by atoms with Gasteiger partial charge in [0.2, 0.25) is 0 Å². The molecule has 3 aliphatic rings. The minimum absolute atomic E-state index is 0.0200. The van der Waals surface area contributed by atoms with E-state index in [-0.39, 0.29) is 5.41 Å². The number of rotatable bonds is 3. The third-order valence-corrected chi connectivity index (χ3v) is 7.70. The van der Waals surface area contributed by atoms with Gasteiger partial charge in [0.15, 0.2) is 0 Å². The van der Waals surface area contributed by atoms with Crippen LogP contribution in [0.5, 0.6) is 0 Å². The molecule has 3 rings (SSSR count). The molecule has 2 heteroatoms. The summed E-state index contributed by atoms with van der Waals surface area (Å²) in [4.78, 5) is 0. The molecule has 21 heavy (non-hydrogen) atoms.